The Morgan fingerprint density at radius 3 is 2.36 bits per heavy atom. The van der Waals surface area contributed by atoms with E-state index in [2.05, 4.69) is 39.5 Å². The molecule has 50 heavy (non-hydrogen) atoms. The second-order valence-corrected chi connectivity index (χ2v) is 20.0. The maximum atomic E-state index is 12.6. The summed E-state index contributed by atoms with van der Waals surface area (Å²) in [5, 5.41) is 23.7. The molecule has 3 aliphatic heterocycles. The Labute approximate surface area is 300 Å². The Morgan fingerprint density at radius 2 is 1.66 bits per heavy atom. The molecule has 2 spiro atoms. The van der Waals surface area contributed by atoms with Crippen LogP contribution >= 0.6 is 0 Å². The van der Waals surface area contributed by atoms with Crippen LogP contribution in [-0.4, -0.2) is 102 Å². The number of esters is 1. The lowest BCUT2D eigenvalue weighted by Crippen LogP contribution is -2.60. The summed E-state index contributed by atoms with van der Waals surface area (Å²) in [5.74, 6) is 1.13. The quantitative estimate of drug-likeness (QED) is 0.336. The Kier molecular flexibility index (Phi) is 8.75. The Balaban J connectivity index is 1.01. The molecule has 8 fully saturated rings. The number of ether oxygens (including phenoxy) is 5. The van der Waals surface area contributed by atoms with Crippen molar-refractivity contribution < 1.29 is 38.7 Å². The summed E-state index contributed by atoms with van der Waals surface area (Å²) < 4.78 is 31.5. The molecule has 3 saturated heterocycles. The number of nitrogens with zero attached hydrogens (tertiary/aromatic N) is 1. The highest BCUT2D eigenvalue weighted by Gasteiger charge is 2.84. The molecule has 5 saturated carbocycles. The smallest absolute Gasteiger partial charge is 0.303 e. The highest BCUT2D eigenvalue weighted by atomic mass is 16.7. The molecule has 8 rings (SSSR count). The first kappa shape index (κ1) is 36.2. The van der Waals surface area contributed by atoms with Gasteiger partial charge in [-0.3, -0.25) is 9.69 Å². The predicted octanol–water partition coefficient (Wildman–Crippen LogP) is 5.72. The van der Waals surface area contributed by atoms with Crippen molar-refractivity contribution in [2.24, 2.45) is 50.7 Å². The average molecular weight is 702 g/mol. The van der Waals surface area contributed by atoms with Crippen molar-refractivity contribution in [2.75, 3.05) is 32.9 Å². The minimum absolute atomic E-state index is 0.0502. The molecule has 0 radical (unpaired) electrons. The van der Waals surface area contributed by atoms with Gasteiger partial charge in [-0.25, -0.2) is 0 Å². The highest BCUT2D eigenvalue weighted by molar-refractivity contribution is 5.66. The number of carbonyl (C=O) groups is 1. The first-order chi connectivity index (χ1) is 23.5. The fraction of sp³-hybridized carbons (Fsp3) is 0.976. The van der Waals surface area contributed by atoms with Crippen molar-refractivity contribution >= 4 is 5.97 Å². The van der Waals surface area contributed by atoms with Crippen molar-refractivity contribution in [1.82, 2.24) is 4.90 Å². The molecular formula is C41H67NO8. The van der Waals surface area contributed by atoms with E-state index in [1.165, 1.54) is 32.6 Å². The minimum atomic E-state index is -1.25. The van der Waals surface area contributed by atoms with Gasteiger partial charge in [0.2, 0.25) is 0 Å². The molecule has 0 aromatic heterocycles. The van der Waals surface area contributed by atoms with E-state index in [4.69, 9.17) is 23.7 Å². The van der Waals surface area contributed by atoms with Gasteiger partial charge in [-0.05, 0) is 123 Å². The Bertz CT molecular complexity index is 1310. The van der Waals surface area contributed by atoms with E-state index < -0.39 is 29.9 Å². The van der Waals surface area contributed by atoms with Crippen LogP contribution in [0.5, 0.6) is 0 Å². The third-order valence-corrected chi connectivity index (χ3v) is 17.2. The van der Waals surface area contributed by atoms with E-state index in [1.54, 1.807) is 13.8 Å². The highest BCUT2D eigenvalue weighted by Crippen LogP contribution is 2.89. The van der Waals surface area contributed by atoms with Crippen LogP contribution < -0.4 is 0 Å². The molecule has 3 heterocycles. The predicted molar refractivity (Wildman–Crippen MR) is 188 cm³/mol. The summed E-state index contributed by atoms with van der Waals surface area (Å²) in [4.78, 5) is 14.7. The third kappa shape index (κ3) is 5.05. The lowest BCUT2D eigenvalue weighted by atomic mass is 9.41. The van der Waals surface area contributed by atoms with Crippen molar-refractivity contribution in [1.29, 1.82) is 0 Å². The van der Waals surface area contributed by atoms with Crippen LogP contribution in [0, 0.1) is 50.7 Å². The van der Waals surface area contributed by atoms with Gasteiger partial charge >= 0.3 is 5.97 Å². The molecule has 5 aliphatic carbocycles. The van der Waals surface area contributed by atoms with Gasteiger partial charge in [-0.2, -0.15) is 0 Å². The summed E-state index contributed by atoms with van der Waals surface area (Å²) in [6.45, 7) is 21.2. The molecule has 0 bridgehead atoms. The minimum Gasteiger partial charge on any atom is -0.457 e. The number of morpholine rings is 1. The Hall–Kier alpha value is -0.810. The van der Waals surface area contributed by atoms with E-state index in [1.807, 2.05) is 0 Å². The van der Waals surface area contributed by atoms with Crippen LogP contribution in [0.15, 0.2) is 0 Å². The standard InChI is InChI=1S/C41H67NO8/c1-24-21-27(35(37(5,6)45)48-25(2)43)49-33-32(24)38(7)15-16-41-23-40(41)14-11-30(36(3,4)28(40)9-10-29(41)39(38,8)34(33)44)50-31-22-42(17-20-47-31)26-12-18-46-19-13-26/h24,26-35,44-45H,9-23H2,1-8H3/t24-,27?,28+,29?,30+,31+,32+,33?,34+,35+,38-,39-,40-,41+/m1/s1. The van der Waals surface area contributed by atoms with E-state index in [9.17, 15) is 15.0 Å². The molecule has 0 aromatic carbocycles. The monoisotopic (exact) mass is 701 g/mol. The van der Waals surface area contributed by atoms with Gasteiger partial charge in [-0.15, -0.1) is 0 Å². The first-order valence-corrected chi connectivity index (χ1v) is 20.3. The second kappa shape index (κ2) is 12.1. The molecule has 284 valence electrons. The number of aliphatic hydroxyl groups excluding tert-OH is 1. The molecule has 9 nitrogen and oxygen atoms in total. The van der Waals surface area contributed by atoms with Crippen LogP contribution in [0.1, 0.15) is 120 Å². The van der Waals surface area contributed by atoms with Gasteiger partial charge in [0.1, 0.15) is 0 Å². The van der Waals surface area contributed by atoms with E-state index in [0.29, 0.717) is 29.7 Å². The number of hydrogen-bond acceptors (Lipinski definition) is 9. The molecule has 9 heteroatoms. The van der Waals surface area contributed by atoms with Gasteiger partial charge in [0.05, 0.1) is 36.6 Å². The molecule has 0 amide bonds. The lowest BCUT2D eigenvalue weighted by molar-refractivity contribution is -0.252. The van der Waals surface area contributed by atoms with Gasteiger partial charge in [0.25, 0.3) is 0 Å². The van der Waals surface area contributed by atoms with Gasteiger partial charge in [0, 0.05) is 44.7 Å². The molecule has 2 N–H and O–H groups in total. The van der Waals surface area contributed by atoms with Crippen LogP contribution in [0.2, 0.25) is 0 Å². The lowest BCUT2D eigenvalue weighted by Gasteiger charge is -2.64. The topological polar surface area (TPSA) is 107 Å². The van der Waals surface area contributed by atoms with Crippen LogP contribution in [0.25, 0.3) is 0 Å². The van der Waals surface area contributed by atoms with Crippen molar-refractivity contribution in [3.8, 4) is 0 Å². The maximum Gasteiger partial charge on any atom is 0.303 e. The van der Waals surface area contributed by atoms with Crippen LogP contribution in [-0.2, 0) is 28.5 Å². The summed E-state index contributed by atoms with van der Waals surface area (Å²) in [6.07, 6.45) is 8.99. The number of rotatable bonds is 6. The van der Waals surface area contributed by atoms with Gasteiger partial charge in [0.15, 0.2) is 12.4 Å². The molecule has 0 aromatic rings. The zero-order chi connectivity index (χ0) is 35.6. The molecule has 3 unspecified atom stereocenters. The van der Waals surface area contributed by atoms with Gasteiger partial charge < -0.3 is 33.9 Å². The van der Waals surface area contributed by atoms with E-state index >= 15 is 0 Å². The maximum absolute atomic E-state index is 12.6. The summed E-state index contributed by atoms with van der Waals surface area (Å²) in [7, 11) is 0. The largest absolute Gasteiger partial charge is 0.457 e. The molecular weight excluding hydrogens is 634 g/mol. The molecule has 14 atom stereocenters. The fourth-order valence-electron chi connectivity index (χ4n) is 14.9. The summed E-state index contributed by atoms with van der Waals surface area (Å²) in [5.41, 5.74) is -0.949. The number of hydrogen-bond donors (Lipinski definition) is 2. The SMILES string of the molecule is CC(=O)O[C@@H](C1C[C@@H](C)[C@H]2C(O1)[C@H](O)[C@@]1(C)C3CC[C@H]4C(C)(C)[C@@H](O[C@H]5CN(C6CCOCC6)CCO5)CC[C@@]45C[C@@]35CC[C@]21C)C(C)(C)O. The van der Waals surface area contributed by atoms with Crippen LogP contribution in [0.3, 0.4) is 0 Å². The van der Waals surface area contributed by atoms with Crippen molar-refractivity contribution in [3.05, 3.63) is 0 Å². The number of fused-ring (bicyclic) bond motifs is 4. The Morgan fingerprint density at radius 1 is 0.960 bits per heavy atom. The van der Waals surface area contributed by atoms with Crippen molar-refractivity contribution in [3.63, 3.8) is 0 Å². The first-order valence-electron chi connectivity index (χ1n) is 20.3. The number of aliphatic hydroxyl groups is 2. The van der Waals surface area contributed by atoms with Gasteiger partial charge in [-0.1, -0.05) is 34.6 Å². The van der Waals surface area contributed by atoms with Crippen LogP contribution in [0.4, 0.5) is 0 Å². The zero-order valence-corrected chi connectivity index (χ0v) is 32.2. The van der Waals surface area contributed by atoms with E-state index in [0.717, 1.165) is 65.0 Å². The fourth-order valence-corrected chi connectivity index (χ4v) is 14.9. The normalized spacial score (nSPS) is 51.0. The summed E-state index contributed by atoms with van der Waals surface area (Å²) >= 11 is 0. The van der Waals surface area contributed by atoms with E-state index in [-0.39, 0.29) is 52.0 Å². The zero-order valence-electron chi connectivity index (χ0n) is 32.2. The molecule has 8 aliphatic rings. The summed E-state index contributed by atoms with van der Waals surface area (Å²) in [6, 6.07) is 0.576. The number of carbonyl (C=O) groups excluding carboxylic acids is 1. The van der Waals surface area contributed by atoms with Crippen molar-refractivity contribution in [2.45, 2.75) is 168 Å². The third-order valence-electron chi connectivity index (χ3n) is 17.2. The average Bonchev–Trinajstić information content (AvgIpc) is 3.69. The second-order valence-electron chi connectivity index (χ2n) is 20.0.